The van der Waals surface area contributed by atoms with Gasteiger partial charge in [0.25, 0.3) is 0 Å². The number of para-hydroxylation sites is 1. The van der Waals surface area contributed by atoms with Crippen molar-refractivity contribution < 1.29 is 9.53 Å². The van der Waals surface area contributed by atoms with Crippen LogP contribution in [0.5, 0.6) is 5.75 Å². The summed E-state index contributed by atoms with van der Waals surface area (Å²) in [5.74, 6) is 0.549. The third-order valence-corrected chi connectivity index (χ3v) is 2.49. The topological polar surface area (TPSA) is 26.3 Å². The van der Waals surface area contributed by atoms with Gasteiger partial charge in [-0.2, -0.15) is 0 Å². The summed E-state index contributed by atoms with van der Waals surface area (Å²) < 4.78 is 5.15. The minimum atomic E-state index is -0.0522. The van der Waals surface area contributed by atoms with Gasteiger partial charge in [-0.3, -0.25) is 4.79 Å². The average Bonchev–Trinajstić information content (AvgIpc) is 2.89. The Morgan fingerprint density at radius 1 is 1.29 bits per heavy atom. The highest BCUT2D eigenvalue weighted by atomic mass is 16.5. The lowest BCUT2D eigenvalue weighted by atomic mass is 10.1. The maximum Gasteiger partial charge on any atom is 0.189 e. The van der Waals surface area contributed by atoms with Crippen LogP contribution in [-0.2, 0) is 0 Å². The first-order valence-corrected chi connectivity index (χ1v) is 5.38. The third-order valence-electron chi connectivity index (χ3n) is 2.49. The van der Waals surface area contributed by atoms with Crippen LogP contribution in [0.4, 0.5) is 0 Å². The molecule has 0 amide bonds. The molecule has 1 aromatic carbocycles. The quantitative estimate of drug-likeness (QED) is 0.581. The van der Waals surface area contributed by atoms with E-state index >= 15 is 0 Å². The van der Waals surface area contributed by atoms with Crippen molar-refractivity contribution in [2.24, 2.45) is 0 Å². The lowest BCUT2D eigenvalue weighted by Gasteiger charge is -2.04. The molecule has 2 nitrogen and oxygen atoms in total. The van der Waals surface area contributed by atoms with Crippen molar-refractivity contribution in [1.82, 2.24) is 0 Å². The molecule has 1 aliphatic rings. The minimum absolute atomic E-state index is 0.0522. The standard InChI is InChI=1S/C15H13O2/c1-17-15-9-5-4-8-13(15)14(16)11-10-12-6-2-3-7-12/h2-11H,1H3/b11-10+. The molecule has 1 radical (unpaired) electrons. The smallest absolute Gasteiger partial charge is 0.189 e. The van der Waals surface area contributed by atoms with Crippen LogP contribution in [0.25, 0.3) is 0 Å². The van der Waals surface area contributed by atoms with E-state index in [0.717, 1.165) is 5.57 Å². The Balaban J connectivity index is 2.17. The van der Waals surface area contributed by atoms with Gasteiger partial charge >= 0.3 is 0 Å². The lowest BCUT2D eigenvalue weighted by Crippen LogP contribution is -1.98. The van der Waals surface area contributed by atoms with Gasteiger partial charge in [-0.05, 0) is 23.8 Å². The molecule has 85 valence electrons. The van der Waals surface area contributed by atoms with E-state index in [4.69, 9.17) is 4.74 Å². The van der Waals surface area contributed by atoms with Crippen molar-refractivity contribution >= 4 is 5.78 Å². The zero-order chi connectivity index (χ0) is 12.1. The summed E-state index contributed by atoms with van der Waals surface area (Å²) in [7, 11) is 1.56. The van der Waals surface area contributed by atoms with Crippen molar-refractivity contribution in [3.63, 3.8) is 0 Å². The Morgan fingerprint density at radius 3 is 2.82 bits per heavy atom. The predicted octanol–water partition coefficient (Wildman–Crippen LogP) is 3.13. The molecule has 0 fully saturated rings. The second-order valence-corrected chi connectivity index (χ2v) is 3.62. The molecule has 0 saturated carbocycles. The van der Waals surface area contributed by atoms with E-state index in [2.05, 4.69) is 0 Å². The van der Waals surface area contributed by atoms with Gasteiger partial charge in [-0.1, -0.05) is 36.4 Å². The van der Waals surface area contributed by atoms with Gasteiger partial charge < -0.3 is 4.74 Å². The highest BCUT2D eigenvalue weighted by molar-refractivity contribution is 6.06. The van der Waals surface area contributed by atoms with Gasteiger partial charge in [-0.15, -0.1) is 0 Å². The third kappa shape index (κ3) is 2.72. The summed E-state index contributed by atoms with van der Waals surface area (Å²) in [6, 6.07) is 7.21. The molecule has 17 heavy (non-hydrogen) atoms. The molecule has 0 N–H and O–H groups in total. The zero-order valence-corrected chi connectivity index (χ0v) is 9.59. The maximum atomic E-state index is 12.0. The highest BCUT2D eigenvalue weighted by Gasteiger charge is 2.08. The van der Waals surface area contributed by atoms with E-state index in [1.807, 2.05) is 36.8 Å². The molecule has 0 heterocycles. The molecule has 0 unspecified atom stereocenters. The maximum absolute atomic E-state index is 12.0. The van der Waals surface area contributed by atoms with Gasteiger partial charge in [0.05, 0.1) is 12.7 Å². The largest absolute Gasteiger partial charge is 0.496 e. The van der Waals surface area contributed by atoms with Gasteiger partial charge in [0.2, 0.25) is 0 Å². The summed E-state index contributed by atoms with van der Waals surface area (Å²) >= 11 is 0. The van der Waals surface area contributed by atoms with Crippen molar-refractivity contribution in [1.29, 1.82) is 0 Å². The fraction of sp³-hybridized carbons (Fsp3) is 0.0667. The normalized spacial score (nSPS) is 14.1. The van der Waals surface area contributed by atoms with Crippen molar-refractivity contribution in [3.8, 4) is 5.75 Å². The predicted molar refractivity (Wildman–Crippen MR) is 68.0 cm³/mol. The van der Waals surface area contributed by atoms with Crippen LogP contribution in [0.15, 0.2) is 60.2 Å². The van der Waals surface area contributed by atoms with E-state index in [-0.39, 0.29) is 5.78 Å². The van der Waals surface area contributed by atoms with Crippen LogP contribution in [0.2, 0.25) is 0 Å². The lowest BCUT2D eigenvalue weighted by molar-refractivity contribution is 0.104. The number of ketones is 1. The Hall–Kier alpha value is -2.09. The van der Waals surface area contributed by atoms with Crippen molar-refractivity contribution in [2.45, 2.75) is 0 Å². The Morgan fingerprint density at radius 2 is 2.12 bits per heavy atom. The summed E-state index contributed by atoms with van der Waals surface area (Å²) in [5.41, 5.74) is 1.60. The molecule has 0 spiro atoms. The number of rotatable bonds is 4. The second kappa shape index (κ2) is 5.30. The molecular weight excluding hydrogens is 212 g/mol. The van der Waals surface area contributed by atoms with E-state index in [1.165, 1.54) is 0 Å². The second-order valence-electron chi connectivity index (χ2n) is 3.62. The number of ether oxygens (including phenoxy) is 1. The van der Waals surface area contributed by atoms with Gasteiger partial charge in [0.1, 0.15) is 5.75 Å². The first kappa shape index (κ1) is 11.4. The van der Waals surface area contributed by atoms with E-state index in [0.29, 0.717) is 11.3 Å². The van der Waals surface area contributed by atoms with Crippen LogP contribution >= 0.6 is 0 Å². The number of carbonyl (C=O) groups is 1. The molecule has 2 heteroatoms. The Kier molecular flexibility index (Phi) is 3.55. The fourth-order valence-electron chi connectivity index (χ4n) is 1.61. The monoisotopic (exact) mass is 225 g/mol. The molecule has 0 aromatic heterocycles. The molecule has 0 atom stereocenters. The van der Waals surface area contributed by atoms with E-state index < -0.39 is 0 Å². The molecular formula is C15H13O2. The van der Waals surface area contributed by atoms with Crippen LogP contribution in [0, 0.1) is 6.42 Å². The van der Waals surface area contributed by atoms with Gasteiger partial charge in [0.15, 0.2) is 5.78 Å². The SMILES string of the molecule is COc1ccccc1C(=O)/C=C/C1=C[CH]C=C1. The average molecular weight is 225 g/mol. The zero-order valence-electron chi connectivity index (χ0n) is 9.59. The van der Waals surface area contributed by atoms with Crippen LogP contribution in [-0.4, -0.2) is 12.9 Å². The van der Waals surface area contributed by atoms with Crippen molar-refractivity contribution in [2.75, 3.05) is 7.11 Å². The summed E-state index contributed by atoms with van der Waals surface area (Å²) in [6.45, 7) is 0. The van der Waals surface area contributed by atoms with Crippen LogP contribution < -0.4 is 4.74 Å². The Bertz CT molecular complexity index is 507. The van der Waals surface area contributed by atoms with Crippen molar-refractivity contribution in [3.05, 3.63) is 72.2 Å². The summed E-state index contributed by atoms with van der Waals surface area (Å²) in [5, 5.41) is 0. The van der Waals surface area contributed by atoms with Crippen LogP contribution in [0.3, 0.4) is 0 Å². The fourth-order valence-corrected chi connectivity index (χ4v) is 1.61. The molecule has 0 bridgehead atoms. The number of methoxy groups -OCH3 is 1. The molecule has 0 saturated heterocycles. The van der Waals surface area contributed by atoms with Gasteiger partial charge in [0, 0.05) is 6.42 Å². The summed E-state index contributed by atoms with van der Waals surface area (Å²) in [6.07, 6.45) is 11.1. The van der Waals surface area contributed by atoms with E-state index in [9.17, 15) is 4.79 Å². The number of benzene rings is 1. The van der Waals surface area contributed by atoms with Crippen LogP contribution in [0.1, 0.15) is 10.4 Å². The number of allylic oxidation sites excluding steroid dienone is 6. The number of carbonyl (C=O) groups excluding carboxylic acids is 1. The van der Waals surface area contributed by atoms with Gasteiger partial charge in [-0.25, -0.2) is 0 Å². The molecule has 1 aliphatic carbocycles. The molecule has 0 aliphatic heterocycles. The number of hydrogen-bond donors (Lipinski definition) is 0. The summed E-state index contributed by atoms with van der Waals surface area (Å²) in [4.78, 5) is 12.0. The first-order chi connectivity index (χ1) is 8.31. The highest BCUT2D eigenvalue weighted by Crippen LogP contribution is 2.18. The molecule has 1 aromatic rings. The first-order valence-electron chi connectivity index (χ1n) is 5.38. The van der Waals surface area contributed by atoms with E-state index in [1.54, 1.807) is 31.4 Å². The molecule has 2 rings (SSSR count). The Labute approximate surface area is 101 Å². The minimum Gasteiger partial charge on any atom is -0.496 e. The number of hydrogen-bond acceptors (Lipinski definition) is 2.